The van der Waals surface area contributed by atoms with E-state index in [9.17, 15) is 0 Å². The molecule has 0 radical (unpaired) electrons. The Balaban J connectivity index is 2.37. The highest BCUT2D eigenvalue weighted by Crippen LogP contribution is 2.30. The van der Waals surface area contributed by atoms with Crippen molar-refractivity contribution in [2.45, 2.75) is 20.0 Å². The Morgan fingerprint density at radius 2 is 2.14 bits per heavy atom. The minimum absolute atomic E-state index is 0.0594. The van der Waals surface area contributed by atoms with Crippen molar-refractivity contribution in [3.63, 3.8) is 0 Å². The van der Waals surface area contributed by atoms with Crippen LogP contribution in [0.1, 0.15) is 19.4 Å². The molecule has 0 amide bonds. The van der Waals surface area contributed by atoms with E-state index in [1.165, 1.54) is 6.33 Å². The third kappa shape index (κ3) is 3.52. The van der Waals surface area contributed by atoms with Crippen molar-refractivity contribution in [1.82, 2.24) is 9.97 Å². The van der Waals surface area contributed by atoms with Crippen LogP contribution >= 0.6 is 11.6 Å². The number of nitrogen functional groups attached to an aromatic ring is 1. The zero-order valence-corrected chi connectivity index (χ0v) is 12.3. The van der Waals surface area contributed by atoms with Gasteiger partial charge in [-0.25, -0.2) is 4.98 Å². The van der Waals surface area contributed by atoms with Crippen LogP contribution in [-0.4, -0.2) is 16.1 Å². The Bertz CT molecular complexity index is 696. The molecule has 3 N–H and O–H groups in total. The van der Waals surface area contributed by atoms with E-state index in [4.69, 9.17) is 27.3 Å². The Morgan fingerprint density at radius 1 is 1.38 bits per heavy atom. The average molecular weight is 304 g/mol. The zero-order chi connectivity index (χ0) is 15.4. The van der Waals surface area contributed by atoms with Gasteiger partial charge in [0.2, 0.25) is 5.88 Å². The summed E-state index contributed by atoms with van der Waals surface area (Å²) in [5.74, 6) is 0.655. The van der Waals surface area contributed by atoms with Gasteiger partial charge < -0.3 is 15.8 Å². The maximum absolute atomic E-state index is 9.11. The molecule has 21 heavy (non-hydrogen) atoms. The summed E-state index contributed by atoms with van der Waals surface area (Å²) in [6, 6.07) is 6.96. The number of aromatic nitrogens is 2. The second-order valence-electron chi connectivity index (χ2n) is 4.53. The van der Waals surface area contributed by atoms with Crippen LogP contribution in [0.2, 0.25) is 5.02 Å². The van der Waals surface area contributed by atoms with Gasteiger partial charge in [0, 0.05) is 5.02 Å². The maximum Gasteiger partial charge on any atom is 0.242 e. The summed E-state index contributed by atoms with van der Waals surface area (Å²) in [5.41, 5.74) is 7.21. The number of benzene rings is 1. The quantitative estimate of drug-likeness (QED) is 0.900. The fourth-order valence-corrected chi connectivity index (χ4v) is 1.81. The second kappa shape index (κ2) is 6.29. The molecule has 0 unspecified atom stereocenters. The summed E-state index contributed by atoms with van der Waals surface area (Å²) < 4.78 is 5.50. The molecule has 0 saturated heterocycles. The SMILES string of the molecule is CC(C)Oc1ncnc(Nc2cc(Cl)ccc2C#N)c1N. The van der Waals surface area contributed by atoms with Gasteiger partial charge in [0.15, 0.2) is 5.82 Å². The molecule has 0 spiro atoms. The van der Waals surface area contributed by atoms with Gasteiger partial charge >= 0.3 is 0 Å². The Kier molecular flexibility index (Phi) is 4.45. The fourth-order valence-electron chi connectivity index (χ4n) is 1.64. The Labute approximate surface area is 127 Å². The highest BCUT2D eigenvalue weighted by atomic mass is 35.5. The summed E-state index contributed by atoms with van der Waals surface area (Å²) >= 11 is 5.94. The summed E-state index contributed by atoms with van der Waals surface area (Å²) in [5, 5.41) is 12.6. The summed E-state index contributed by atoms with van der Waals surface area (Å²) in [6.07, 6.45) is 1.28. The van der Waals surface area contributed by atoms with Gasteiger partial charge in [0.1, 0.15) is 18.1 Å². The molecule has 0 aliphatic rings. The van der Waals surface area contributed by atoms with Gasteiger partial charge in [-0.3, -0.25) is 0 Å². The standard InChI is InChI=1S/C14H14ClN5O/c1-8(2)21-14-12(17)13(18-7-19-14)20-11-5-10(15)4-3-9(11)6-16/h3-5,7-8H,17H2,1-2H3,(H,18,19,20). The van der Waals surface area contributed by atoms with Gasteiger partial charge in [-0.05, 0) is 32.0 Å². The van der Waals surface area contributed by atoms with E-state index in [1.54, 1.807) is 18.2 Å². The van der Waals surface area contributed by atoms with Crippen LogP contribution in [0.3, 0.4) is 0 Å². The molecule has 1 aromatic carbocycles. The van der Waals surface area contributed by atoms with Crippen molar-refractivity contribution in [3.8, 4) is 11.9 Å². The van der Waals surface area contributed by atoms with Gasteiger partial charge in [-0.15, -0.1) is 0 Å². The lowest BCUT2D eigenvalue weighted by Crippen LogP contribution is -2.11. The first-order valence-corrected chi connectivity index (χ1v) is 6.63. The molecule has 108 valence electrons. The predicted molar refractivity (Wildman–Crippen MR) is 81.7 cm³/mol. The topological polar surface area (TPSA) is 96.9 Å². The molecule has 2 aromatic rings. The van der Waals surface area contributed by atoms with Gasteiger partial charge in [0.05, 0.1) is 17.4 Å². The summed E-state index contributed by atoms with van der Waals surface area (Å²) in [4.78, 5) is 8.06. The normalized spacial score (nSPS) is 10.2. The van der Waals surface area contributed by atoms with E-state index >= 15 is 0 Å². The fraction of sp³-hybridized carbons (Fsp3) is 0.214. The number of anilines is 3. The smallest absolute Gasteiger partial charge is 0.242 e. The molecule has 1 aromatic heterocycles. The van der Waals surface area contributed by atoms with Crippen LogP contribution in [-0.2, 0) is 0 Å². The van der Waals surface area contributed by atoms with Crippen LogP contribution < -0.4 is 15.8 Å². The second-order valence-corrected chi connectivity index (χ2v) is 4.97. The molecule has 0 bridgehead atoms. The van der Waals surface area contributed by atoms with Crippen LogP contribution in [0.15, 0.2) is 24.5 Å². The molecular weight excluding hydrogens is 290 g/mol. The first-order valence-electron chi connectivity index (χ1n) is 6.25. The highest BCUT2D eigenvalue weighted by Gasteiger charge is 2.12. The zero-order valence-electron chi connectivity index (χ0n) is 11.6. The first kappa shape index (κ1) is 14.9. The molecule has 0 atom stereocenters. The van der Waals surface area contributed by atoms with E-state index < -0.39 is 0 Å². The largest absolute Gasteiger partial charge is 0.473 e. The highest BCUT2D eigenvalue weighted by molar-refractivity contribution is 6.30. The van der Waals surface area contributed by atoms with E-state index in [1.807, 2.05) is 13.8 Å². The number of halogens is 1. The lowest BCUT2D eigenvalue weighted by Gasteiger charge is -2.14. The van der Waals surface area contributed by atoms with Crippen LogP contribution in [0, 0.1) is 11.3 Å². The molecule has 0 saturated carbocycles. The maximum atomic E-state index is 9.11. The van der Waals surface area contributed by atoms with Gasteiger partial charge in [-0.1, -0.05) is 11.6 Å². The molecular formula is C14H14ClN5O. The monoisotopic (exact) mass is 303 g/mol. The summed E-state index contributed by atoms with van der Waals surface area (Å²) in [6.45, 7) is 3.75. The average Bonchev–Trinajstić information content (AvgIpc) is 2.43. The minimum atomic E-state index is -0.0594. The number of nitriles is 1. The predicted octanol–water partition coefficient (Wildman–Crippen LogP) is 3.11. The number of rotatable bonds is 4. The number of nitrogens with two attached hydrogens (primary N) is 1. The summed E-state index contributed by atoms with van der Waals surface area (Å²) in [7, 11) is 0. The first-order chi connectivity index (χ1) is 10.0. The van der Waals surface area contributed by atoms with Crippen molar-refractivity contribution < 1.29 is 4.74 Å². The number of nitrogens with one attached hydrogen (secondary N) is 1. The molecule has 0 aliphatic heterocycles. The van der Waals surface area contributed by atoms with E-state index in [-0.39, 0.29) is 11.8 Å². The lowest BCUT2D eigenvalue weighted by atomic mass is 10.2. The molecule has 0 fully saturated rings. The van der Waals surface area contributed by atoms with Crippen molar-refractivity contribution in [2.24, 2.45) is 0 Å². The number of ether oxygens (including phenoxy) is 1. The van der Waals surface area contributed by atoms with Crippen molar-refractivity contribution >= 4 is 28.8 Å². The number of hydrogen-bond donors (Lipinski definition) is 2. The third-order valence-electron chi connectivity index (χ3n) is 2.55. The molecule has 1 heterocycles. The van der Waals surface area contributed by atoms with Crippen LogP contribution in [0.5, 0.6) is 5.88 Å². The number of hydrogen-bond acceptors (Lipinski definition) is 6. The van der Waals surface area contributed by atoms with Gasteiger partial charge in [-0.2, -0.15) is 10.2 Å². The van der Waals surface area contributed by atoms with Crippen molar-refractivity contribution in [1.29, 1.82) is 5.26 Å². The van der Waals surface area contributed by atoms with E-state index in [0.29, 0.717) is 28.0 Å². The molecule has 2 rings (SSSR count). The molecule has 7 heteroatoms. The van der Waals surface area contributed by atoms with E-state index in [2.05, 4.69) is 21.4 Å². The van der Waals surface area contributed by atoms with Gasteiger partial charge in [0.25, 0.3) is 0 Å². The Hall–Kier alpha value is -2.52. The Morgan fingerprint density at radius 3 is 2.81 bits per heavy atom. The molecule has 0 aliphatic carbocycles. The van der Waals surface area contributed by atoms with Crippen LogP contribution in [0.25, 0.3) is 0 Å². The van der Waals surface area contributed by atoms with Crippen LogP contribution in [0.4, 0.5) is 17.2 Å². The minimum Gasteiger partial charge on any atom is -0.473 e. The molecule has 6 nitrogen and oxygen atoms in total. The van der Waals surface area contributed by atoms with Crippen molar-refractivity contribution in [2.75, 3.05) is 11.1 Å². The lowest BCUT2D eigenvalue weighted by molar-refractivity contribution is 0.234. The van der Waals surface area contributed by atoms with E-state index in [0.717, 1.165) is 0 Å². The number of nitrogens with zero attached hydrogens (tertiary/aromatic N) is 3. The van der Waals surface area contributed by atoms with Crippen molar-refractivity contribution in [3.05, 3.63) is 35.1 Å². The third-order valence-corrected chi connectivity index (χ3v) is 2.78.